The van der Waals surface area contributed by atoms with Gasteiger partial charge in [0.2, 0.25) is 0 Å². The van der Waals surface area contributed by atoms with Crippen molar-refractivity contribution in [3.8, 4) is 0 Å². The van der Waals surface area contributed by atoms with E-state index < -0.39 is 34.7 Å². The Morgan fingerprint density at radius 1 is 0.562 bits per heavy atom. The molecule has 9 nitrogen and oxygen atoms in total. The molecule has 0 aliphatic rings. The van der Waals surface area contributed by atoms with Gasteiger partial charge in [-0.2, -0.15) is 0 Å². The molecule has 0 saturated heterocycles. The van der Waals surface area contributed by atoms with E-state index in [1.54, 1.807) is 0 Å². The van der Waals surface area contributed by atoms with E-state index >= 15 is 0 Å². The Morgan fingerprint density at radius 3 is 0.562 bits per heavy atom. The van der Waals surface area contributed by atoms with Crippen molar-refractivity contribution in [1.82, 2.24) is 0 Å². The summed E-state index contributed by atoms with van der Waals surface area (Å²) in [4.78, 5) is 33.4. The van der Waals surface area contributed by atoms with E-state index in [1.165, 1.54) is 0 Å². The zero-order valence-electron chi connectivity index (χ0n) is 7.97. The Morgan fingerprint density at radius 2 is 0.562 bits per heavy atom. The van der Waals surface area contributed by atoms with Gasteiger partial charge in [0, 0.05) is 0 Å². The van der Waals surface area contributed by atoms with Gasteiger partial charge in [0.05, 0.1) is 34.7 Å². The predicted octanol–water partition coefficient (Wildman–Crippen LogP) is -3.80. The number of hydrogen-bond acceptors (Lipinski definition) is 8. The maximum absolute atomic E-state index is 8.35. The van der Waals surface area contributed by atoms with Crippen molar-refractivity contribution < 1.29 is 82.3 Å². The van der Waals surface area contributed by atoms with Crippen LogP contribution in [0.3, 0.4) is 0 Å². The van der Waals surface area contributed by atoms with Gasteiger partial charge in [0.25, 0.3) is 0 Å². The first-order valence-corrected chi connectivity index (χ1v) is 4.38. The zero-order chi connectivity index (χ0) is 10.8. The van der Waals surface area contributed by atoms with Crippen LogP contribution in [0.4, 0.5) is 0 Å². The Bertz CT molecular complexity index is 79.5. The molecule has 0 aromatic rings. The topological polar surface area (TPSA) is 192 Å². The molecule has 0 rings (SSSR count). The molecule has 0 aromatic carbocycles. The van der Waals surface area contributed by atoms with Gasteiger partial charge in [-0.05, 0) is 0 Å². The quantitative estimate of drug-likeness (QED) is 0.228. The minimum absolute atomic E-state index is 0. The minimum Gasteiger partial charge on any atom is 2.00 e. The predicted molar refractivity (Wildman–Crippen MR) is 44.0 cm³/mol. The van der Waals surface area contributed by atoms with Crippen molar-refractivity contribution in [2.75, 3.05) is 0 Å². The third-order valence-electron chi connectivity index (χ3n) is 0. The molecule has 0 fully saturated rings. The molecular formula is H5O9P4SnZn2. The zero-order valence-corrected chi connectivity index (χ0v) is 23.2. The second kappa shape index (κ2) is 117. The third kappa shape index (κ3) is 749. The molecule has 1 radical (unpaired) electrons. The standard InChI is InChI=1S/4HO2P.H2O.Sn.2Zn.3H/c4*1-3-2;;;;;;;/h4*(H,1,2);1H2;;;;;;/q;;;;;;2*+2;;;/p-4. The summed E-state index contributed by atoms with van der Waals surface area (Å²) in [5.74, 6) is 0. The second-order valence-electron chi connectivity index (χ2n) is 0.298. The molecule has 16 heavy (non-hydrogen) atoms. The summed E-state index contributed by atoms with van der Waals surface area (Å²) in [6, 6.07) is 0. The van der Waals surface area contributed by atoms with Crippen LogP contribution in [0.5, 0.6) is 0 Å². The van der Waals surface area contributed by atoms with E-state index in [0.29, 0.717) is 0 Å². The van der Waals surface area contributed by atoms with Crippen LogP contribution in [0, 0.1) is 0 Å². The summed E-state index contributed by atoms with van der Waals surface area (Å²) in [6.07, 6.45) is 0. The van der Waals surface area contributed by atoms with Crippen molar-refractivity contribution in [2.45, 2.75) is 0 Å². The van der Waals surface area contributed by atoms with Crippen LogP contribution in [-0.4, -0.2) is 29.4 Å². The fourth-order valence-electron chi connectivity index (χ4n) is 0. The monoisotopic (exact) mass is 521 g/mol. The SMILES string of the molecule is O.O=P[O-].O=P[O-].O=P[O-].O=P[O-].[SnH3].[Zn+2].[Zn+2]. The maximum atomic E-state index is 8.35. The van der Waals surface area contributed by atoms with Crippen molar-refractivity contribution >= 4 is 58.7 Å². The Hall–Kier alpha value is 2.25. The van der Waals surface area contributed by atoms with Crippen molar-refractivity contribution in [3.05, 3.63) is 0 Å². The van der Waals surface area contributed by atoms with Gasteiger partial charge in [-0.15, -0.1) is 0 Å². The van der Waals surface area contributed by atoms with E-state index in [1.807, 2.05) is 0 Å². The minimum atomic E-state index is -1.08. The first kappa shape index (κ1) is 51.7. The first-order chi connectivity index (χ1) is 5.66. The summed E-state index contributed by atoms with van der Waals surface area (Å²) < 4.78 is 33.4. The van der Waals surface area contributed by atoms with Crippen LogP contribution in [0.1, 0.15) is 0 Å². The Balaban J connectivity index is -0.00000000821. The third-order valence-corrected chi connectivity index (χ3v) is 0. The Kier molecular flexibility index (Phi) is 377. The summed E-state index contributed by atoms with van der Waals surface area (Å²) in [6.45, 7) is 0. The average Bonchev–Trinajstić information content (AvgIpc) is 1.92. The summed E-state index contributed by atoms with van der Waals surface area (Å²) >= 11 is 0. The summed E-state index contributed by atoms with van der Waals surface area (Å²) in [7, 11) is -4.33. The molecule has 0 aliphatic heterocycles. The van der Waals surface area contributed by atoms with Crippen LogP contribution < -0.4 is 19.6 Å². The van der Waals surface area contributed by atoms with Crippen LogP contribution in [0.2, 0.25) is 0 Å². The first-order valence-electron chi connectivity index (χ1n) is 1.46. The molecule has 0 atom stereocenters. The molecule has 0 aromatic heterocycles. The summed E-state index contributed by atoms with van der Waals surface area (Å²) in [5, 5.41) is 0. The van der Waals surface area contributed by atoms with E-state index in [4.69, 9.17) is 37.8 Å². The maximum Gasteiger partial charge on any atom is 2.00 e. The van der Waals surface area contributed by atoms with Gasteiger partial charge in [-0.1, -0.05) is 0 Å². The van der Waals surface area contributed by atoms with Crippen molar-refractivity contribution in [3.63, 3.8) is 0 Å². The number of rotatable bonds is 0. The summed E-state index contributed by atoms with van der Waals surface area (Å²) in [5.41, 5.74) is 0. The normalized spacial score (nSPS) is 5.25. The molecule has 16 heteroatoms. The van der Waals surface area contributed by atoms with Crippen molar-refractivity contribution in [1.29, 1.82) is 0 Å². The van der Waals surface area contributed by atoms with Gasteiger partial charge in [0.15, 0.2) is 0 Å². The molecular weight excluding hydrogens is 517 g/mol. The number of hydrogen-bond donors (Lipinski definition) is 0. The van der Waals surface area contributed by atoms with Gasteiger partial charge in [-0.25, -0.2) is 0 Å². The molecule has 0 amide bonds. The van der Waals surface area contributed by atoms with Gasteiger partial charge >= 0.3 is 62.9 Å². The van der Waals surface area contributed by atoms with Crippen LogP contribution in [-0.2, 0) is 57.2 Å². The fourth-order valence-corrected chi connectivity index (χ4v) is 0. The van der Waals surface area contributed by atoms with Crippen LogP contribution in [0.15, 0.2) is 0 Å². The molecule has 0 unspecified atom stereocenters. The smallest absolute Gasteiger partial charge is 2.00 e. The molecule has 0 aliphatic carbocycles. The molecule has 0 spiro atoms. The largest absolute Gasteiger partial charge is 2.00 e. The van der Waals surface area contributed by atoms with E-state index in [9.17, 15) is 0 Å². The van der Waals surface area contributed by atoms with E-state index in [-0.39, 0.29) is 68.3 Å². The van der Waals surface area contributed by atoms with E-state index in [0.717, 1.165) is 0 Å². The fraction of sp³-hybridized carbons (Fsp3) is 0. The van der Waals surface area contributed by atoms with Gasteiger partial charge in [-0.3, -0.25) is 18.3 Å². The van der Waals surface area contributed by atoms with Crippen molar-refractivity contribution in [2.24, 2.45) is 0 Å². The van der Waals surface area contributed by atoms with Crippen LogP contribution in [0.25, 0.3) is 0 Å². The molecule has 0 bridgehead atoms. The van der Waals surface area contributed by atoms with E-state index in [2.05, 4.69) is 0 Å². The molecule has 0 saturated carbocycles. The molecule has 2 N–H and O–H groups in total. The average molecular weight is 522 g/mol. The van der Waals surface area contributed by atoms with Crippen LogP contribution >= 0.6 is 34.7 Å². The van der Waals surface area contributed by atoms with Gasteiger partial charge < -0.3 is 25.0 Å². The molecule has 87 valence electrons. The second-order valence-corrected chi connectivity index (χ2v) is 0.894. The Labute approximate surface area is 140 Å². The molecule has 0 heterocycles. The van der Waals surface area contributed by atoms with Gasteiger partial charge in [0.1, 0.15) is 0 Å².